The van der Waals surface area contributed by atoms with E-state index in [1.807, 2.05) is 28.8 Å². The maximum absolute atomic E-state index is 6.09. The number of fused-ring (bicyclic) bond motifs is 1. The Labute approximate surface area is 161 Å². The van der Waals surface area contributed by atoms with Crippen LogP contribution in [-0.2, 0) is 11.3 Å². The van der Waals surface area contributed by atoms with E-state index in [-0.39, 0.29) is 11.5 Å². The lowest BCUT2D eigenvalue weighted by Gasteiger charge is -2.40. The van der Waals surface area contributed by atoms with Crippen molar-refractivity contribution in [3.8, 4) is 0 Å². The highest BCUT2D eigenvalue weighted by molar-refractivity contribution is 5.79. The molecule has 2 unspecified atom stereocenters. The number of hydrogen-bond donors (Lipinski definition) is 2. The molecule has 1 aliphatic rings. The predicted molar refractivity (Wildman–Crippen MR) is 108 cm³/mol. The van der Waals surface area contributed by atoms with Gasteiger partial charge in [-0.25, -0.2) is 4.99 Å². The quantitative estimate of drug-likeness (QED) is 0.623. The average Bonchev–Trinajstić information content (AvgIpc) is 3.07. The van der Waals surface area contributed by atoms with Crippen molar-refractivity contribution in [1.82, 2.24) is 25.2 Å². The number of ether oxygens (including phenoxy) is 1. The molecule has 0 aromatic carbocycles. The van der Waals surface area contributed by atoms with E-state index in [4.69, 9.17) is 9.73 Å². The van der Waals surface area contributed by atoms with Crippen molar-refractivity contribution in [2.75, 3.05) is 19.7 Å². The smallest absolute Gasteiger partial charge is 0.191 e. The van der Waals surface area contributed by atoms with Gasteiger partial charge in [0.05, 0.1) is 6.10 Å². The van der Waals surface area contributed by atoms with E-state index in [0.717, 1.165) is 43.5 Å². The summed E-state index contributed by atoms with van der Waals surface area (Å²) < 4.78 is 8.06. The summed E-state index contributed by atoms with van der Waals surface area (Å²) >= 11 is 0. The third-order valence-electron chi connectivity index (χ3n) is 4.94. The molecule has 3 heterocycles. The Morgan fingerprint density at radius 3 is 2.93 bits per heavy atom. The molecule has 1 aliphatic heterocycles. The third kappa shape index (κ3) is 4.97. The molecule has 7 nitrogen and oxygen atoms in total. The fourth-order valence-electron chi connectivity index (χ4n) is 3.73. The number of guanidine groups is 1. The van der Waals surface area contributed by atoms with Gasteiger partial charge in [0.25, 0.3) is 0 Å². The molecule has 0 radical (unpaired) electrons. The first-order valence-corrected chi connectivity index (χ1v) is 9.91. The first kappa shape index (κ1) is 19.6. The van der Waals surface area contributed by atoms with Gasteiger partial charge in [0.1, 0.15) is 6.54 Å². The first-order valence-electron chi connectivity index (χ1n) is 9.91. The van der Waals surface area contributed by atoms with Gasteiger partial charge in [-0.1, -0.05) is 26.8 Å². The molecule has 148 valence electrons. The van der Waals surface area contributed by atoms with Gasteiger partial charge >= 0.3 is 0 Å². The zero-order chi connectivity index (χ0) is 19.3. The largest absolute Gasteiger partial charge is 0.377 e. The molecule has 3 rings (SSSR count). The second-order valence-corrected chi connectivity index (χ2v) is 8.18. The van der Waals surface area contributed by atoms with Crippen LogP contribution in [0.4, 0.5) is 0 Å². The summed E-state index contributed by atoms with van der Waals surface area (Å²) in [4.78, 5) is 4.71. The fraction of sp³-hybridized carbons (Fsp3) is 0.650. The van der Waals surface area contributed by atoms with Crippen LogP contribution < -0.4 is 10.6 Å². The molecular weight excluding hydrogens is 340 g/mol. The van der Waals surface area contributed by atoms with Crippen LogP contribution in [0.25, 0.3) is 5.65 Å². The molecule has 7 heteroatoms. The molecule has 27 heavy (non-hydrogen) atoms. The van der Waals surface area contributed by atoms with Crippen LogP contribution in [0.5, 0.6) is 0 Å². The molecule has 0 bridgehead atoms. The van der Waals surface area contributed by atoms with Crippen molar-refractivity contribution in [3.05, 3.63) is 30.2 Å². The summed E-state index contributed by atoms with van der Waals surface area (Å²) in [5.74, 6) is 2.12. The molecule has 2 aromatic rings. The van der Waals surface area contributed by atoms with Crippen molar-refractivity contribution in [2.45, 2.75) is 53.2 Å². The van der Waals surface area contributed by atoms with E-state index >= 15 is 0 Å². The van der Waals surface area contributed by atoms with Gasteiger partial charge in [0.15, 0.2) is 17.4 Å². The Hall–Kier alpha value is -2.15. The Kier molecular flexibility index (Phi) is 6.31. The zero-order valence-electron chi connectivity index (χ0n) is 16.9. The minimum absolute atomic E-state index is 0.142. The maximum Gasteiger partial charge on any atom is 0.191 e. The minimum atomic E-state index is 0.142. The molecule has 2 N–H and O–H groups in total. The van der Waals surface area contributed by atoms with Crippen LogP contribution in [0.15, 0.2) is 29.4 Å². The second kappa shape index (κ2) is 8.69. The van der Waals surface area contributed by atoms with Crippen LogP contribution in [0.2, 0.25) is 0 Å². The number of aromatic nitrogens is 3. The first-order chi connectivity index (χ1) is 13.0. The van der Waals surface area contributed by atoms with E-state index < -0.39 is 0 Å². The summed E-state index contributed by atoms with van der Waals surface area (Å²) in [5, 5.41) is 15.3. The highest BCUT2D eigenvalue weighted by Gasteiger charge is 2.35. The average molecular weight is 373 g/mol. The summed E-state index contributed by atoms with van der Waals surface area (Å²) in [5.41, 5.74) is 0.982. The van der Waals surface area contributed by atoms with Crippen LogP contribution in [0.3, 0.4) is 0 Å². The summed E-state index contributed by atoms with van der Waals surface area (Å²) in [7, 11) is 0. The Bertz CT molecular complexity index is 763. The Morgan fingerprint density at radius 1 is 1.30 bits per heavy atom. The van der Waals surface area contributed by atoms with Crippen molar-refractivity contribution in [2.24, 2.45) is 16.3 Å². The lowest BCUT2D eigenvalue weighted by molar-refractivity contribution is -0.0835. The van der Waals surface area contributed by atoms with Crippen LogP contribution >= 0.6 is 0 Å². The van der Waals surface area contributed by atoms with Crippen molar-refractivity contribution >= 4 is 11.6 Å². The number of pyridine rings is 1. The van der Waals surface area contributed by atoms with Crippen LogP contribution in [-0.4, -0.2) is 46.4 Å². The lowest BCUT2D eigenvalue weighted by atomic mass is 9.78. The van der Waals surface area contributed by atoms with Crippen molar-refractivity contribution in [3.63, 3.8) is 0 Å². The fourth-order valence-corrected chi connectivity index (χ4v) is 3.73. The van der Waals surface area contributed by atoms with Gasteiger partial charge in [-0.05, 0) is 37.3 Å². The summed E-state index contributed by atoms with van der Waals surface area (Å²) in [6, 6.07) is 5.88. The SMILES string of the molecule is CCNC(=NCc1nnc2ccccn12)NCC1CCCOC1C(C)(C)C. The number of nitrogens with zero attached hydrogens (tertiary/aromatic N) is 4. The highest BCUT2D eigenvalue weighted by atomic mass is 16.5. The molecule has 0 saturated carbocycles. The number of rotatable bonds is 5. The number of nitrogens with one attached hydrogen (secondary N) is 2. The molecule has 0 spiro atoms. The molecule has 1 saturated heterocycles. The predicted octanol–water partition coefficient (Wildman–Crippen LogP) is 2.63. The number of aliphatic imine (C=N–C) groups is 1. The van der Waals surface area contributed by atoms with Gasteiger partial charge in [0, 0.05) is 31.8 Å². The van der Waals surface area contributed by atoms with E-state index in [1.165, 1.54) is 6.42 Å². The highest BCUT2D eigenvalue weighted by Crippen LogP contribution is 2.33. The van der Waals surface area contributed by atoms with Gasteiger partial charge in [0.2, 0.25) is 0 Å². The third-order valence-corrected chi connectivity index (χ3v) is 4.94. The standard InChI is InChI=1S/C20H32N6O/c1-5-21-19(22-13-15-9-8-12-27-18(15)20(2,3)4)23-14-17-25-24-16-10-6-7-11-26(16)17/h6-7,10-11,15,18H,5,8-9,12-14H2,1-4H3,(H2,21,22,23). The molecule has 2 atom stereocenters. The van der Waals surface area contributed by atoms with Crippen LogP contribution in [0.1, 0.15) is 46.4 Å². The maximum atomic E-state index is 6.09. The van der Waals surface area contributed by atoms with Crippen LogP contribution in [0, 0.1) is 11.3 Å². The number of hydrogen-bond acceptors (Lipinski definition) is 4. The van der Waals surface area contributed by atoms with E-state index in [9.17, 15) is 0 Å². The lowest BCUT2D eigenvalue weighted by Crippen LogP contribution is -2.47. The molecular formula is C20H32N6O. The minimum Gasteiger partial charge on any atom is -0.377 e. The molecule has 2 aromatic heterocycles. The van der Waals surface area contributed by atoms with Gasteiger partial charge in [-0.2, -0.15) is 0 Å². The molecule has 1 fully saturated rings. The molecule has 0 amide bonds. The second-order valence-electron chi connectivity index (χ2n) is 8.18. The van der Waals surface area contributed by atoms with Crippen molar-refractivity contribution < 1.29 is 4.74 Å². The summed E-state index contributed by atoms with van der Waals surface area (Å²) in [6.07, 6.45) is 4.54. The van der Waals surface area contributed by atoms with E-state index in [0.29, 0.717) is 12.5 Å². The van der Waals surface area contributed by atoms with Gasteiger partial charge in [-0.15, -0.1) is 10.2 Å². The Morgan fingerprint density at radius 2 is 2.15 bits per heavy atom. The monoisotopic (exact) mass is 372 g/mol. The summed E-state index contributed by atoms with van der Waals surface area (Å²) in [6.45, 7) is 11.9. The molecule has 0 aliphatic carbocycles. The van der Waals surface area contributed by atoms with E-state index in [1.54, 1.807) is 0 Å². The zero-order valence-corrected chi connectivity index (χ0v) is 16.9. The van der Waals surface area contributed by atoms with Gasteiger partial charge in [-0.3, -0.25) is 4.40 Å². The Balaban J connectivity index is 1.65. The van der Waals surface area contributed by atoms with Crippen molar-refractivity contribution in [1.29, 1.82) is 0 Å². The van der Waals surface area contributed by atoms with E-state index in [2.05, 4.69) is 48.5 Å². The topological polar surface area (TPSA) is 75.8 Å². The normalized spacial score (nSPS) is 21.4. The van der Waals surface area contributed by atoms with Gasteiger partial charge < -0.3 is 15.4 Å².